The second-order valence-electron chi connectivity index (χ2n) is 7.74. The van der Waals surface area contributed by atoms with Crippen LogP contribution in [0, 0.1) is 24.0 Å². The van der Waals surface area contributed by atoms with E-state index in [2.05, 4.69) is 20.8 Å². The normalized spacial score (nSPS) is 11.6. The van der Waals surface area contributed by atoms with Crippen molar-refractivity contribution < 1.29 is 14.5 Å². The van der Waals surface area contributed by atoms with E-state index in [0.717, 1.165) is 5.56 Å². The standard InChI is InChI=1S/C23H26N6O4S/c1-5-28-21(16(4)24-22(31)17-8-6-7-14(2)11-17)26-27-23(28)34-13-20(30)25-18-10-9-15(3)19(12-18)29(32)33/h6-12,16H,5,13H2,1-4H3,(H,24,31)(H,25,30)/t16-/m0/s1. The SMILES string of the molecule is CCn1c(SCC(=O)Nc2ccc(C)c([N+](=O)[O-])c2)nnc1[C@H](C)NC(=O)c1cccc(C)c1. The van der Waals surface area contributed by atoms with Crippen LogP contribution in [-0.2, 0) is 11.3 Å². The number of nitro groups is 1. The second-order valence-corrected chi connectivity index (χ2v) is 8.69. The molecule has 1 heterocycles. The average molecular weight is 483 g/mol. The lowest BCUT2D eigenvalue weighted by Gasteiger charge is -2.15. The Morgan fingerprint density at radius 2 is 1.94 bits per heavy atom. The molecular formula is C23H26N6O4S. The van der Waals surface area contributed by atoms with E-state index in [4.69, 9.17) is 0 Å². The Balaban J connectivity index is 1.63. The second kappa shape index (κ2) is 10.9. The van der Waals surface area contributed by atoms with Crippen molar-refractivity contribution in [3.8, 4) is 0 Å². The van der Waals surface area contributed by atoms with Gasteiger partial charge < -0.3 is 15.2 Å². The molecule has 2 amide bonds. The van der Waals surface area contributed by atoms with Gasteiger partial charge in [0.1, 0.15) is 0 Å². The van der Waals surface area contributed by atoms with Crippen LogP contribution in [0.15, 0.2) is 47.6 Å². The third kappa shape index (κ3) is 5.98. The van der Waals surface area contributed by atoms with Gasteiger partial charge in [0.2, 0.25) is 5.91 Å². The number of aromatic nitrogens is 3. The lowest BCUT2D eigenvalue weighted by molar-refractivity contribution is -0.385. The van der Waals surface area contributed by atoms with Crippen LogP contribution in [0.25, 0.3) is 0 Å². The Bertz CT molecular complexity index is 1230. The minimum atomic E-state index is -0.482. The molecule has 0 saturated carbocycles. The van der Waals surface area contributed by atoms with E-state index in [9.17, 15) is 19.7 Å². The molecule has 0 aliphatic rings. The molecule has 3 rings (SSSR count). The van der Waals surface area contributed by atoms with E-state index in [0.29, 0.717) is 34.3 Å². The Labute approximate surface area is 201 Å². The number of hydrogen-bond acceptors (Lipinski definition) is 7. The van der Waals surface area contributed by atoms with Crippen molar-refractivity contribution in [3.05, 3.63) is 75.1 Å². The zero-order valence-corrected chi connectivity index (χ0v) is 20.2. The first-order chi connectivity index (χ1) is 16.2. The lowest BCUT2D eigenvalue weighted by Crippen LogP contribution is -2.28. The number of nitro benzene ring substituents is 1. The Morgan fingerprint density at radius 1 is 1.18 bits per heavy atom. The number of anilines is 1. The molecule has 1 aromatic heterocycles. The molecule has 0 spiro atoms. The summed E-state index contributed by atoms with van der Waals surface area (Å²) in [7, 11) is 0. The molecule has 0 aliphatic carbocycles. The number of carbonyl (C=O) groups is 2. The summed E-state index contributed by atoms with van der Waals surface area (Å²) in [6.07, 6.45) is 0. The molecule has 0 fully saturated rings. The molecule has 3 aromatic rings. The molecular weight excluding hydrogens is 456 g/mol. The average Bonchev–Trinajstić information content (AvgIpc) is 3.22. The van der Waals surface area contributed by atoms with Crippen LogP contribution in [0.2, 0.25) is 0 Å². The molecule has 0 unspecified atom stereocenters. The van der Waals surface area contributed by atoms with Gasteiger partial charge in [-0.2, -0.15) is 0 Å². The quantitative estimate of drug-likeness (QED) is 0.267. The summed E-state index contributed by atoms with van der Waals surface area (Å²) in [5.74, 6) is 0.100. The largest absolute Gasteiger partial charge is 0.342 e. The van der Waals surface area contributed by atoms with Crippen molar-refractivity contribution in [3.63, 3.8) is 0 Å². The first-order valence-corrected chi connectivity index (χ1v) is 11.7. The summed E-state index contributed by atoms with van der Waals surface area (Å²) in [5.41, 5.74) is 2.38. The Kier molecular flexibility index (Phi) is 8.00. The lowest BCUT2D eigenvalue weighted by atomic mass is 10.1. The third-order valence-electron chi connectivity index (χ3n) is 5.10. The smallest absolute Gasteiger partial charge is 0.274 e. The van der Waals surface area contributed by atoms with Crippen molar-refractivity contribution in [1.29, 1.82) is 0 Å². The van der Waals surface area contributed by atoms with Crippen molar-refractivity contribution in [2.75, 3.05) is 11.1 Å². The van der Waals surface area contributed by atoms with Gasteiger partial charge in [0.15, 0.2) is 11.0 Å². The zero-order valence-electron chi connectivity index (χ0n) is 19.4. The first-order valence-electron chi connectivity index (χ1n) is 10.7. The van der Waals surface area contributed by atoms with Crippen molar-refractivity contribution in [2.45, 2.75) is 45.4 Å². The number of benzene rings is 2. The number of amides is 2. The number of rotatable bonds is 9. The predicted octanol–water partition coefficient (Wildman–Crippen LogP) is 4.04. The highest BCUT2D eigenvalue weighted by molar-refractivity contribution is 7.99. The van der Waals surface area contributed by atoms with E-state index in [1.54, 1.807) is 25.1 Å². The first kappa shape index (κ1) is 24.9. The number of thioether (sulfide) groups is 1. The highest BCUT2D eigenvalue weighted by atomic mass is 32.2. The Hall–Kier alpha value is -3.73. The predicted molar refractivity (Wildman–Crippen MR) is 130 cm³/mol. The number of aryl methyl sites for hydroxylation is 2. The van der Waals surface area contributed by atoms with Crippen LogP contribution in [-0.4, -0.2) is 37.3 Å². The molecule has 0 saturated heterocycles. The van der Waals surface area contributed by atoms with Crippen molar-refractivity contribution in [2.24, 2.45) is 0 Å². The topological polar surface area (TPSA) is 132 Å². The van der Waals surface area contributed by atoms with Crippen LogP contribution < -0.4 is 10.6 Å². The molecule has 0 radical (unpaired) electrons. The highest BCUT2D eigenvalue weighted by Gasteiger charge is 2.20. The number of carbonyl (C=O) groups excluding carboxylic acids is 2. The summed E-state index contributed by atoms with van der Waals surface area (Å²) in [5, 5.41) is 25.7. The van der Waals surface area contributed by atoms with Crippen LogP contribution >= 0.6 is 11.8 Å². The molecule has 1 atom stereocenters. The van der Waals surface area contributed by atoms with Gasteiger partial charge in [-0.25, -0.2) is 0 Å². The van der Waals surface area contributed by atoms with Crippen LogP contribution in [0.3, 0.4) is 0 Å². The molecule has 2 aromatic carbocycles. The molecule has 10 nitrogen and oxygen atoms in total. The molecule has 2 N–H and O–H groups in total. The van der Waals surface area contributed by atoms with Gasteiger partial charge >= 0.3 is 0 Å². The van der Waals surface area contributed by atoms with E-state index in [1.807, 2.05) is 43.5 Å². The minimum absolute atomic E-state index is 0.0455. The minimum Gasteiger partial charge on any atom is -0.342 e. The summed E-state index contributed by atoms with van der Waals surface area (Å²) < 4.78 is 1.84. The fourth-order valence-corrected chi connectivity index (χ4v) is 4.18. The summed E-state index contributed by atoms with van der Waals surface area (Å²) in [4.78, 5) is 35.6. The molecule has 34 heavy (non-hydrogen) atoms. The van der Waals surface area contributed by atoms with Gasteiger partial charge in [0, 0.05) is 29.4 Å². The fraction of sp³-hybridized carbons (Fsp3) is 0.304. The van der Waals surface area contributed by atoms with E-state index < -0.39 is 11.0 Å². The van der Waals surface area contributed by atoms with Crippen molar-refractivity contribution in [1.82, 2.24) is 20.1 Å². The number of hydrogen-bond donors (Lipinski definition) is 2. The maximum absolute atomic E-state index is 12.6. The molecule has 0 aliphatic heterocycles. The highest BCUT2D eigenvalue weighted by Crippen LogP contribution is 2.24. The van der Waals surface area contributed by atoms with Gasteiger partial charge in [0.05, 0.1) is 16.7 Å². The van der Waals surface area contributed by atoms with Crippen LogP contribution in [0.5, 0.6) is 0 Å². The Morgan fingerprint density at radius 3 is 2.62 bits per heavy atom. The van der Waals surface area contributed by atoms with Crippen molar-refractivity contribution >= 4 is 35.0 Å². The van der Waals surface area contributed by atoms with Gasteiger partial charge in [0.25, 0.3) is 11.6 Å². The molecule has 11 heteroatoms. The zero-order chi connectivity index (χ0) is 24.8. The third-order valence-corrected chi connectivity index (χ3v) is 6.07. The van der Waals surface area contributed by atoms with Crippen LogP contribution in [0.1, 0.15) is 47.2 Å². The fourth-order valence-electron chi connectivity index (χ4n) is 3.37. The van der Waals surface area contributed by atoms with Crippen LogP contribution in [0.4, 0.5) is 11.4 Å². The maximum Gasteiger partial charge on any atom is 0.274 e. The van der Waals surface area contributed by atoms with Gasteiger partial charge in [-0.3, -0.25) is 19.7 Å². The summed E-state index contributed by atoms with van der Waals surface area (Å²) in [6, 6.07) is 11.5. The van der Waals surface area contributed by atoms with E-state index in [1.165, 1.54) is 17.8 Å². The van der Waals surface area contributed by atoms with Gasteiger partial charge in [-0.1, -0.05) is 35.5 Å². The molecule has 178 valence electrons. The van der Waals surface area contributed by atoms with Gasteiger partial charge in [-0.15, -0.1) is 10.2 Å². The number of nitrogens with zero attached hydrogens (tertiary/aromatic N) is 4. The summed E-state index contributed by atoms with van der Waals surface area (Å²) >= 11 is 1.20. The van der Waals surface area contributed by atoms with E-state index in [-0.39, 0.29) is 23.3 Å². The van der Waals surface area contributed by atoms with E-state index >= 15 is 0 Å². The number of nitrogens with one attached hydrogen (secondary N) is 2. The summed E-state index contributed by atoms with van der Waals surface area (Å²) in [6.45, 7) is 7.88. The maximum atomic E-state index is 12.6. The van der Waals surface area contributed by atoms with Gasteiger partial charge in [-0.05, 0) is 45.9 Å². The monoisotopic (exact) mass is 482 g/mol. The molecule has 0 bridgehead atoms.